The third kappa shape index (κ3) is 2.12. The van der Waals surface area contributed by atoms with Crippen LogP contribution in [0, 0.1) is 0 Å². The molecule has 0 spiro atoms. The predicted molar refractivity (Wildman–Crippen MR) is 48.3 cm³/mol. The number of carbonyl (C=O) groups is 1. The number of hydrogen-bond acceptors (Lipinski definition) is 3. The Morgan fingerprint density at radius 1 is 1.38 bits per heavy atom. The van der Waals surface area contributed by atoms with Crippen LogP contribution in [0.15, 0.2) is 0 Å². The molecule has 4 heteroatoms. The number of hydrogen-bond donors (Lipinski definition) is 2. The van der Waals surface area contributed by atoms with Crippen LogP contribution in [0.1, 0.15) is 32.1 Å². The summed E-state index contributed by atoms with van der Waals surface area (Å²) < 4.78 is 5.13. The molecule has 0 heterocycles. The van der Waals surface area contributed by atoms with Gasteiger partial charge in [0.25, 0.3) is 0 Å². The van der Waals surface area contributed by atoms with Crippen LogP contribution in [0.4, 0.5) is 4.79 Å². The molecular formula is C9H16N2O2. The van der Waals surface area contributed by atoms with Crippen LogP contribution in [0.25, 0.3) is 0 Å². The zero-order valence-electron chi connectivity index (χ0n) is 7.66. The van der Waals surface area contributed by atoms with Gasteiger partial charge < -0.3 is 15.8 Å². The SMILES string of the molecule is NC1CC(OC(=O)NC2CCC2)C1. The minimum Gasteiger partial charge on any atom is -0.446 e. The minimum atomic E-state index is -0.262. The van der Waals surface area contributed by atoms with Crippen LogP contribution in [0.2, 0.25) is 0 Å². The van der Waals surface area contributed by atoms with Crippen molar-refractivity contribution in [2.75, 3.05) is 0 Å². The van der Waals surface area contributed by atoms with Gasteiger partial charge in [0.15, 0.2) is 0 Å². The largest absolute Gasteiger partial charge is 0.446 e. The minimum absolute atomic E-state index is 0.0649. The van der Waals surface area contributed by atoms with E-state index in [0.717, 1.165) is 25.7 Å². The van der Waals surface area contributed by atoms with Crippen LogP contribution in [0.3, 0.4) is 0 Å². The van der Waals surface area contributed by atoms with Crippen LogP contribution < -0.4 is 11.1 Å². The Hall–Kier alpha value is -0.770. The van der Waals surface area contributed by atoms with Gasteiger partial charge in [-0.3, -0.25) is 0 Å². The molecule has 4 nitrogen and oxygen atoms in total. The second-order valence-electron chi connectivity index (χ2n) is 4.03. The first-order valence-electron chi connectivity index (χ1n) is 4.97. The second kappa shape index (κ2) is 3.54. The summed E-state index contributed by atoms with van der Waals surface area (Å²) in [5.74, 6) is 0. The molecular weight excluding hydrogens is 168 g/mol. The quantitative estimate of drug-likeness (QED) is 0.665. The summed E-state index contributed by atoms with van der Waals surface area (Å²) in [6.07, 6.45) is 4.85. The Morgan fingerprint density at radius 3 is 2.54 bits per heavy atom. The van der Waals surface area contributed by atoms with Crippen LogP contribution in [-0.2, 0) is 4.74 Å². The van der Waals surface area contributed by atoms with Crippen molar-refractivity contribution in [3.05, 3.63) is 0 Å². The topological polar surface area (TPSA) is 64.3 Å². The summed E-state index contributed by atoms with van der Waals surface area (Å²) in [6.45, 7) is 0. The molecule has 74 valence electrons. The Labute approximate surface area is 77.8 Å². The number of ether oxygens (including phenoxy) is 1. The van der Waals surface area contributed by atoms with Gasteiger partial charge in [0.05, 0.1) is 0 Å². The lowest BCUT2D eigenvalue weighted by atomic mass is 9.90. The molecule has 2 aliphatic rings. The number of nitrogens with one attached hydrogen (secondary N) is 1. The fourth-order valence-electron chi connectivity index (χ4n) is 1.61. The fraction of sp³-hybridized carbons (Fsp3) is 0.889. The van der Waals surface area contributed by atoms with E-state index in [0.29, 0.717) is 6.04 Å². The average molecular weight is 184 g/mol. The molecule has 3 N–H and O–H groups in total. The van der Waals surface area contributed by atoms with Gasteiger partial charge in [0, 0.05) is 12.1 Å². The van der Waals surface area contributed by atoms with Crippen molar-refractivity contribution in [1.82, 2.24) is 5.32 Å². The Morgan fingerprint density at radius 2 is 2.08 bits per heavy atom. The predicted octanol–water partition coefficient (Wildman–Crippen LogP) is 0.755. The van der Waals surface area contributed by atoms with Crippen molar-refractivity contribution in [2.24, 2.45) is 5.73 Å². The Bertz CT molecular complexity index is 198. The summed E-state index contributed by atoms with van der Waals surface area (Å²) in [4.78, 5) is 11.2. The summed E-state index contributed by atoms with van der Waals surface area (Å²) in [6, 6.07) is 0.600. The highest BCUT2D eigenvalue weighted by Crippen LogP contribution is 2.22. The molecule has 1 amide bonds. The maximum Gasteiger partial charge on any atom is 0.407 e. The van der Waals surface area contributed by atoms with Gasteiger partial charge in [-0.05, 0) is 32.1 Å². The van der Waals surface area contributed by atoms with Crippen molar-refractivity contribution in [1.29, 1.82) is 0 Å². The molecule has 2 fully saturated rings. The van der Waals surface area contributed by atoms with Gasteiger partial charge in [-0.25, -0.2) is 4.79 Å². The third-order valence-electron chi connectivity index (χ3n) is 2.83. The van der Waals surface area contributed by atoms with Gasteiger partial charge in [0.2, 0.25) is 0 Å². The highest BCUT2D eigenvalue weighted by atomic mass is 16.6. The summed E-state index contributed by atoms with van der Waals surface area (Å²) in [5, 5.41) is 2.83. The van der Waals surface area contributed by atoms with Gasteiger partial charge in [-0.1, -0.05) is 0 Å². The van der Waals surface area contributed by atoms with Gasteiger partial charge >= 0.3 is 6.09 Å². The summed E-state index contributed by atoms with van der Waals surface area (Å²) in [5.41, 5.74) is 5.57. The molecule has 2 rings (SSSR count). The molecule has 0 atom stereocenters. The van der Waals surface area contributed by atoms with Crippen molar-refractivity contribution in [2.45, 2.75) is 50.3 Å². The number of carbonyl (C=O) groups excluding carboxylic acids is 1. The molecule has 2 saturated carbocycles. The monoisotopic (exact) mass is 184 g/mol. The smallest absolute Gasteiger partial charge is 0.407 e. The van der Waals surface area contributed by atoms with Gasteiger partial charge in [0.1, 0.15) is 6.10 Å². The summed E-state index contributed by atoms with van der Waals surface area (Å²) >= 11 is 0. The average Bonchev–Trinajstić information content (AvgIpc) is 1.94. The van der Waals surface area contributed by atoms with Crippen molar-refractivity contribution in [3.8, 4) is 0 Å². The normalized spacial score (nSPS) is 33.0. The zero-order chi connectivity index (χ0) is 9.26. The number of alkyl carbamates (subject to hydrolysis) is 1. The highest BCUT2D eigenvalue weighted by molar-refractivity contribution is 5.68. The lowest BCUT2D eigenvalue weighted by Crippen LogP contribution is -2.47. The van der Waals surface area contributed by atoms with E-state index in [9.17, 15) is 4.79 Å². The van der Waals surface area contributed by atoms with E-state index in [1.807, 2.05) is 0 Å². The first-order chi connectivity index (χ1) is 6.24. The first-order valence-corrected chi connectivity index (χ1v) is 4.97. The zero-order valence-corrected chi connectivity index (χ0v) is 7.66. The van der Waals surface area contributed by atoms with Crippen molar-refractivity contribution >= 4 is 6.09 Å². The Kier molecular flexibility index (Phi) is 2.40. The maximum atomic E-state index is 11.2. The van der Waals surface area contributed by atoms with Crippen LogP contribution in [-0.4, -0.2) is 24.3 Å². The molecule has 0 bridgehead atoms. The van der Waals surface area contributed by atoms with Gasteiger partial charge in [-0.15, -0.1) is 0 Å². The molecule has 13 heavy (non-hydrogen) atoms. The molecule has 0 aliphatic heterocycles. The van der Waals surface area contributed by atoms with Crippen LogP contribution in [0.5, 0.6) is 0 Å². The first kappa shape index (κ1) is 8.81. The van der Waals surface area contributed by atoms with Crippen molar-refractivity contribution < 1.29 is 9.53 Å². The molecule has 0 radical (unpaired) electrons. The molecule has 0 aromatic rings. The van der Waals surface area contributed by atoms with Crippen molar-refractivity contribution in [3.63, 3.8) is 0 Å². The maximum absolute atomic E-state index is 11.2. The van der Waals surface area contributed by atoms with E-state index in [-0.39, 0.29) is 18.2 Å². The van der Waals surface area contributed by atoms with E-state index in [2.05, 4.69) is 5.32 Å². The molecule has 2 aliphatic carbocycles. The lowest BCUT2D eigenvalue weighted by Gasteiger charge is -2.33. The fourth-order valence-corrected chi connectivity index (χ4v) is 1.61. The number of amides is 1. The molecule has 0 aromatic carbocycles. The van der Waals surface area contributed by atoms with Crippen LogP contribution >= 0.6 is 0 Å². The third-order valence-corrected chi connectivity index (χ3v) is 2.83. The van der Waals surface area contributed by atoms with Gasteiger partial charge in [-0.2, -0.15) is 0 Å². The molecule has 0 saturated heterocycles. The highest BCUT2D eigenvalue weighted by Gasteiger charge is 2.30. The summed E-state index contributed by atoms with van der Waals surface area (Å²) in [7, 11) is 0. The second-order valence-corrected chi connectivity index (χ2v) is 4.03. The van der Waals surface area contributed by atoms with E-state index in [1.165, 1.54) is 6.42 Å². The molecule has 0 unspecified atom stereocenters. The Balaban J connectivity index is 1.61. The number of nitrogens with two attached hydrogens (primary N) is 1. The molecule has 0 aromatic heterocycles. The van der Waals surface area contributed by atoms with E-state index in [4.69, 9.17) is 10.5 Å². The standard InChI is InChI=1S/C9H16N2O2/c10-6-4-8(5-6)13-9(12)11-7-2-1-3-7/h6-8H,1-5,10H2,(H,11,12). The van der Waals surface area contributed by atoms with E-state index >= 15 is 0 Å². The number of rotatable bonds is 2. The van der Waals surface area contributed by atoms with E-state index < -0.39 is 0 Å². The van der Waals surface area contributed by atoms with E-state index in [1.54, 1.807) is 0 Å². The lowest BCUT2D eigenvalue weighted by molar-refractivity contribution is 0.0375.